The zero-order chi connectivity index (χ0) is 17.2. The summed E-state index contributed by atoms with van der Waals surface area (Å²) in [6, 6.07) is 0.510. The number of carbonyl (C=O) groups excluding carboxylic acids is 1. The number of likely N-dealkylation sites (tertiary alicyclic amines) is 1. The molecule has 1 amide bonds. The smallest absolute Gasteiger partial charge is 0.410 e. The number of hydrogen-bond donors (Lipinski definition) is 1. The average Bonchev–Trinajstić information content (AvgIpc) is 2.94. The van der Waals surface area contributed by atoms with Crippen LogP contribution < -0.4 is 5.32 Å². The number of nitrogens with zero attached hydrogens (tertiary/aromatic N) is 3. The minimum absolute atomic E-state index is 0.190. The number of rotatable bonds is 4. The second-order valence-corrected chi connectivity index (χ2v) is 7.55. The van der Waals surface area contributed by atoms with Gasteiger partial charge in [0.25, 0.3) is 0 Å². The summed E-state index contributed by atoms with van der Waals surface area (Å²) in [5, 5.41) is 7.85. The van der Waals surface area contributed by atoms with E-state index in [1.165, 1.54) is 0 Å². The summed E-state index contributed by atoms with van der Waals surface area (Å²) in [4.78, 5) is 14.2. The fourth-order valence-corrected chi connectivity index (χ4v) is 3.12. The van der Waals surface area contributed by atoms with Gasteiger partial charge in [-0.05, 0) is 53.9 Å². The standard InChI is InChI=1S/C17H30N4O2/c1-12(18-15-11-20(6)19-13(15)2)10-14-8-7-9-21(14)16(22)23-17(3,4)5/h11-12,14,18H,7-10H2,1-6H3. The molecule has 0 spiro atoms. The predicted molar refractivity (Wildman–Crippen MR) is 91.6 cm³/mol. The third-order valence-electron chi connectivity index (χ3n) is 4.05. The van der Waals surface area contributed by atoms with Crippen LogP contribution in [0.15, 0.2) is 6.20 Å². The van der Waals surface area contributed by atoms with Crippen LogP contribution in [0.3, 0.4) is 0 Å². The molecule has 6 heteroatoms. The molecule has 1 saturated heterocycles. The van der Waals surface area contributed by atoms with Crippen LogP contribution in [0.25, 0.3) is 0 Å². The van der Waals surface area contributed by atoms with E-state index >= 15 is 0 Å². The Hall–Kier alpha value is -1.72. The third-order valence-corrected chi connectivity index (χ3v) is 4.05. The van der Waals surface area contributed by atoms with Crippen molar-refractivity contribution in [2.75, 3.05) is 11.9 Å². The molecule has 1 aromatic rings. The zero-order valence-electron chi connectivity index (χ0n) is 15.2. The van der Waals surface area contributed by atoms with Gasteiger partial charge in [0.2, 0.25) is 0 Å². The van der Waals surface area contributed by atoms with E-state index in [0.717, 1.165) is 37.2 Å². The average molecular weight is 322 g/mol. The molecule has 1 aliphatic heterocycles. The molecule has 0 bridgehead atoms. The van der Waals surface area contributed by atoms with E-state index in [1.807, 2.05) is 50.5 Å². The lowest BCUT2D eigenvalue weighted by molar-refractivity contribution is 0.0218. The summed E-state index contributed by atoms with van der Waals surface area (Å²) in [6.45, 7) is 10.7. The Bertz CT molecular complexity index is 547. The first-order chi connectivity index (χ1) is 10.7. The molecule has 0 aromatic carbocycles. The van der Waals surface area contributed by atoms with E-state index in [2.05, 4.69) is 17.3 Å². The Morgan fingerprint density at radius 2 is 2.22 bits per heavy atom. The van der Waals surface area contributed by atoms with Crippen molar-refractivity contribution in [2.45, 2.75) is 71.6 Å². The summed E-state index contributed by atoms with van der Waals surface area (Å²) in [5.74, 6) is 0. The first-order valence-corrected chi connectivity index (χ1v) is 8.42. The first kappa shape index (κ1) is 17.6. The van der Waals surface area contributed by atoms with Crippen LogP contribution in [-0.2, 0) is 11.8 Å². The lowest BCUT2D eigenvalue weighted by Crippen LogP contribution is -2.41. The van der Waals surface area contributed by atoms with E-state index in [9.17, 15) is 4.79 Å². The van der Waals surface area contributed by atoms with Gasteiger partial charge in [0.15, 0.2) is 0 Å². The molecule has 0 saturated carbocycles. The Balaban J connectivity index is 1.92. The van der Waals surface area contributed by atoms with Gasteiger partial charge < -0.3 is 15.0 Å². The quantitative estimate of drug-likeness (QED) is 0.924. The molecule has 0 aliphatic carbocycles. The lowest BCUT2D eigenvalue weighted by Gasteiger charge is -2.30. The van der Waals surface area contributed by atoms with E-state index in [0.29, 0.717) is 0 Å². The SMILES string of the molecule is Cc1nn(C)cc1NC(C)CC1CCCN1C(=O)OC(C)(C)C. The summed E-state index contributed by atoms with van der Waals surface area (Å²) in [5.41, 5.74) is 1.61. The van der Waals surface area contributed by atoms with Gasteiger partial charge in [-0.2, -0.15) is 5.10 Å². The Morgan fingerprint density at radius 3 is 2.78 bits per heavy atom. The molecular weight excluding hydrogens is 292 g/mol. The number of nitrogens with one attached hydrogen (secondary N) is 1. The molecule has 2 atom stereocenters. The van der Waals surface area contributed by atoms with Crippen LogP contribution in [0, 0.1) is 6.92 Å². The van der Waals surface area contributed by atoms with Gasteiger partial charge in [0.1, 0.15) is 5.60 Å². The van der Waals surface area contributed by atoms with Crippen molar-refractivity contribution in [3.8, 4) is 0 Å². The van der Waals surface area contributed by atoms with Crippen molar-refractivity contribution < 1.29 is 9.53 Å². The van der Waals surface area contributed by atoms with Crippen LogP contribution >= 0.6 is 0 Å². The highest BCUT2D eigenvalue weighted by molar-refractivity contribution is 5.69. The molecule has 2 heterocycles. The molecule has 2 rings (SSSR count). The summed E-state index contributed by atoms with van der Waals surface area (Å²) >= 11 is 0. The maximum atomic E-state index is 12.3. The topological polar surface area (TPSA) is 59.4 Å². The number of aromatic nitrogens is 2. The molecule has 0 radical (unpaired) electrons. The van der Waals surface area contributed by atoms with Crippen molar-refractivity contribution in [2.24, 2.45) is 7.05 Å². The number of amides is 1. The van der Waals surface area contributed by atoms with Gasteiger partial charge in [0.05, 0.1) is 11.4 Å². The molecule has 6 nitrogen and oxygen atoms in total. The maximum absolute atomic E-state index is 12.3. The Labute approximate surface area is 139 Å². The molecular formula is C17H30N4O2. The van der Waals surface area contributed by atoms with Crippen molar-refractivity contribution in [1.82, 2.24) is 14.7 Å². The van der Waals surface area contributed by atoms with Crippen LogP contribution in [-0.4, -0.2) is 45.0 Å². The van der Waals surface area contributed by atoms with Crippen LogP contribution in [0.2, 0.25) is 0 Å². The highest BCUT2D eigenvalue weighted by Gasteiger charge is 2.32. The Kier molecular flexibility index (Phi) is 5.22. The fraction of sp³-hybridized carbons (Fsp3) is 0.765. The van der Waals surface area contributed by atoms with Gasteiger partial charge in [-0.3, -0.25) is 4.68 Å². The normalized spacial score (nSPS) is 19.7. The minimum atomic E-state index is -0.444. The third kappa shape index (κ3) is 4.88. The van der Waals surface area contributed by atoms with Crippen molar-refractivity contribution in [3.63, 3.8) is 0 Å². The largest absolute Gasteiger partial charge is 0.444 e. The molecule has 1 N–H and O–H groups in total. The van der Waals surface area contributed by atoms with E-state index in [1.54, 1.807) is 0 Å². The lowest BCUT2D eigenvalue weighted by atomic mass is 10.1. The number of carbonyl (C=O) groups is 1. The first-order valence-electron chi connectivity index (χ1n) is 8.42. The number of aryl methyl sites for hydroxylation is 2. The Morgan fingerprint density at radius 1 is 1.52 bits per heavy atom. The molecule has 2 unspecified atom stereocenters. The van der Waals surface area contributed by atoms with Crippen LogP contribution in [0.4, 0.5) is 10.5 Å². The highest BCUT2D eigenvalue weighted by Crippen LogP contribution is 2.25. The van der Waals surface area contributed by atoms with Gasteiger partial charge in [-0.25, -0.2) is 4.79 Å². The van der Waals surface area contributed by atoms with Crippen molar-refractivity contribution in [3.05, 3.63) is 11.9 Å². The van der Waals surface area contributed by atoms with Crippen LogP contribution in [0.5, 0.6) is 0 Å². The van der Waals surface area contributed by atoms with E-state index in [-0.39, 0.29) is 18.2 Å². The summed E-state index contributed by atoms with van der Waals surface area (Å²) in [7, 11) is 1.92. The second-order valence-electron chi connectivity index (χ2n) is 7.55. The zero-order valence-corrected chi connectivity index (χ0v) is 15.2. The minimum Gasteiger partial charge on any atom is -0.444 e. The highest BCUT2D eigenvalue weighted by atomic mass is 16.6. The molecule has 1 aliphatic rings. The van der Waals surface area contributed by atoms with E-state index in [4.69, 9.17) is 4.74 Å². The summed E-state index contributed by atoms with van der Waals surface area (Å²) < 4.78 is 7.34. The maximum Gasteiger partial charge on any atom is 0.410 e. The molecule has 1 aromatic heterocycles. The molecule has 1 fully saturated rings. The molecule has 23 heavy (non-hydrogen) atoms. The van der Waals surface area contributed by atoms with E-state index < -0.39 is 5.60 Å². The van der Waals surface area contributed by atoms with Gasteiger partial charge in [-0.1, -0.05) is 0 Å². The monoisotopic (exact) mass is 322 g/mol. The fourth-order valence-electron chi connectivity index (χ4n) is 3.12. The van der Waals surface area contributed by atoms with Crippen molar-refractivity contribution in [1.29, 1.82) is 0 Å². The number of ether oxygens (including phenoxy) is 1. The second kappa shape index (κ2) is 6.81. The predicted octanol–water partition coefficient (Wildman–Crippen LogP) is 3.32. The number of anilines is 1. The molecule has 130 valence electrons. The number of hydrogen-bond acceptors (Lipinski definition) is 4. The van der Waals surface area contributed by atoms with Crippen LogP contribution in [0.1, 0.15) is 52.7 Å². The van der Waals surface area contributed by atoms with Gasteiger partial charge >= 0.3 is 6.09 Å². The van der Waals surface area contributed by atoms with Gasteiger partial charge in [-0.15, -0.1) is 0 Å². The van der Waals surface area contributed by atoms with Gasteiger partial charge in [0, 0.05) is 31.9 Å². The van der Waals surface area contributed by atoms with Crippen molar-refractivity contribution >= 4 is 11.8 Å². The summed E-state index contributed by atoms with van der Waals surface area (Å²) in [6.07, 6.45) is 4.80.